The summed E-state index contributed by atoms with van der Waals surface area (Å²) < 4.78 is 10.5. The van der Waals surface area contributed by atoms with Gasteiger partial charge >= 0.3 is 0 Å². The zero-order valence-electron chi connectivity index (χ0n) is 10.8. The second-order valence-corrected chi connectivity index (χ2v) is 4.12. The van der Waals surface area contributed by atoms with Crippen LogP contribution in [0.4, 0.5) is 0 Å². The molecule has 1 unspecified atom stereocenters. The second-order valence-electron chi connectivity index (χ2n) is 4.12. The van der Waals surface area contributed by atoms with E-state index in [0.29, 0.717) is 13.2 Å². The topological polar surface area (TPSA) is 44.5 Å². The first-order chi connectivity index (χ1) is 8.27. The highest BCUT2D eigenvalue weighted by Crippen LogP contribution is 2.12. The van der Waals surface area contributed by atoms with E-state index >= 15 is 0 Å². The van der Waals surface area contributed by atoms with Crippen LogP contribution in [-0.2, 0) is 15.9 Å². The summed E-state index contributed by atoms with van der Waals surface area (Å²) in [6, 6.07) is 8.38. The van der Waals surface area contributed by atoms with E-state index in [2.05, 4.69) is 31.2 Å². The van der Waals surface area contributed by atoms with Gasteiger partial charge in [0.05, 0.1) is 12.6 Å². The Morgan fingerprint density at radius 3 is 2.47 bits per heavy atom. The number of ether oxygens (including phenoxy) is 2. The van der Waals surface area contributed by atoms with Crippen molar-refractivity contribution in [1.29, 1.82) is 0 Å². The third kappa shape index (κ3) is 5.31. The number of rotatable bonds is 8. The summed E-state index contributed by atoms with van der Waals surface area (Å²) in [5.74, 6) is 0. The van der Waals surface area contributed by atoms with Gasteiger partial charge in [0.15, 0.2) is 0 Å². The van der Waals surface area contributed by atoms with Gasteiger partial charge in [0.25, 0.3) is 0 Å². The van der Waals surface area contributed by atoms with Crippen LogP contribution in [0.5, 0.6) is 0 Å². The predicted molar refractivity (Wildman–Crippen MR) is 70.1 cm³/mol. The highest BCUT2D eigenvalue weighted by Gasteiger charge is 2.05. The van der Waals surface area contributed by atoms with E-state index in [1.807, 2.05) is 0 Å². The minimum Gasteiger partial charge on any atom is -0.385 e. The Bertz CT molecular complexity index is 298. The van der Waals surface area contributed by atoms with Gasteiger partial charge in [-0.25, -0.2) is 0 Å². The molecule has 3 nitrogen and oxygen atoms in total. The van der Waals surface area contributed by atoms with Crippen LogP contribution in [0, 0.1) is 0 Å². The molecular formula is C14H23NO2. The minimum absolute atomic E-state index is 0.0385. The standard InChI is InChI=1S/C14H23NO2/c1-3-12-5-7-13(8-6-12)14(15)11-17-10-4-9-16-2/h5-8,14H,3-4,9-11,15H2,1-2H3. The summed E-state index contributed by atoms with van der Waals surface area (Å²) in [6.45, 7) is 4.15. The molecule has 0 amide bonds. The van der Waals surface area contributed by atoms with Gasteiger partial charge in [-0.05, 0) is 24.0 Å². The van der Waals surface area contributed by atoms with Gasteiger partial charge in [-0.1, -0.05) is 31.2 Å². The molecule has 17 heavy (non-hydrogen) atoms. The van der Waals surface area contributed by atoms with Crippen molar-refractivity contribution >= 4 is 0 Å². The number of benzene rings is 1. The van der Waals surface area contributed by atoms with Crippen LogP contribution in [-0.4, -0.2) is 26.9 Å². The first-order valence-electron chi connectivity index (χ1n) is 6.19. The lowest BCUT2D eigenvalue weighted by Gasteiger charge is -2.13. The van der Waals surface area contributed by atoms with Crippen LogP contribution in [0.25, 0.3) is 0 Å². The van der Waals surface area contributed by atoms with E-state index in [-0.39, 0.29) is 6.04 Å². The van der Waals surface area contributed by atoms with Crippen molar-refractivity contribution in [3.05, 3.63) is 35.4 Å². The molecule has 0 bridgehead atoms. The van der Waals surface area contributed by atoms with E-state index in [9.17, 15) is 0 Å². The van der Waals surface area contributed by atoms with E-state index < -0.39 is 0 Å². The van der Waals surface area contributed by atoms with E-state index in [1.54, 1.807) is 7.11 Å². The number of methoxy groups -OCH3 is 1. The maximum atomic E-state index is 6.05. The van der Waals surface area contributed by atoms with Gasteiger partial charge < -0.3 is 15.2 Å². The van der Waals surface area contributed by atoms with E-state index in [1.165, 1.54) is 5.56 Å². The van der Waals surface area contributed by atoms with Crippen LogP contribution >= 0.6 is 0 Å². The van der Waals surface area contributed by atoms with Crippen molar-refractivity contribution in [3.63, 3.8) is 0 Å². The van der Waals surface area contributed by atoms with Crippen LogP contribution in [0.15, 0.2) is 24.3 Å². The fraction of sp³-hybridized carbons (Fsp3) is 0.571. The molecule has 3 heteroatoms. The smallest absolute Gasteiger partial charge is 0.0659 e. The summed E-state index contributed by atoms with van der Waals surface area (Å²) in [7, 11) is 1.70. The lowest BCUT2D eigenvalue weighted by atomic mass is 10.1. The van der Waals surface area contributed by atoms with Crippen molar-refractivity contribution in [3.8, 4) is 0 Å². The van der Waals surface area contributed by atoms with E-state index in [0.717, 1.165) is 25.0 Å². The van der Waals surface area contributed by atoms with Crippen molar-refractivity contribution in [2.45, 2.75) is 25.8 Å². The summed E-state index contributed by atoms with van der Waals surface area (Å²) in [6.07, 6.45) is 1.97. The van der Waals surface area contributed by atoms with Gasteiger partial charge in [-0.2, -0.15) is 0 Å². The summed E-state index contributed by atoms with van der Waals surface area (Å²) in [5.41, 5.74) is 8.51. The normalized spacial score (nSPS) is 12.6. The summed E-state index contributed by atoms with van der Waals surface area (Å²) >= 11 is 0. The average molecular weight is 237 g/mol. The Balaban J connectivity index is 2.28. The Kier molecular flexibility index (Phi) is 6.86. The van der Waals surface area contributed by atoms with Crippen molar-refractivity contribution in [1.82, 2.24) is 0 Å². The zero-order chi connectivity index (χ0) is 12.5. The second kappa shape index (κ2) is 8.23. The third-order valence-corrected chi connectivity index (χ3v) is 2.75. The molecular weight excluding hydrogens is 214 g/mol. The number of aryl methyl sites for hydroxylation is 1. The maximum Gasteiger partial charge on any atom is 0.0659 e. The Morgan fingerprint density at radius 2 is 1.88 bits per heavy atom. The van der Waals surface area contributed by atoms with Crippen molar-refractivity contribution in [2.24, 2.45) is 5.73 Å². The summed E-state index contributed by atoms with van der Waals surface area (Å²) in [4.78, 5) is 0. The maximum absolute atomic E-state index is 6.05. The minimum atomic E-state index is -0.0385. The molecule has 1 aromatic rings. The number of nitrogens with two attached hydrogens (primary N) is 1. The monoisotopic (exact) mass is 237 g/mol. The first-order valence-corrected chi connectivity index (χ1v) is 6.19. The average Bonchev–Trinajstić information content (AvgIpc) is 2.38. The fourth-order valence-electron chi connectivity index (χ4n) is 1.61. The molecule has 0 saturated heterocycles. The Morgan fingerprint density at radius 1 is 1.18 bits per heavy atom. The summed E-state index contributed by atoms with van der Waals surface area (Å²) in [5, 5.41) is 0. The van der Waals surface area contributed by atoms with Gasteiger partial charge in [0, 0.05) is 20.3 Å². The van der Waals surface area contributed by atoms with E-state index in [4.69, 9.17) is 15.2 Å². The third-order valence-electron chi connectivity index (χ3n) is 2.75. The quantitative estimate of drug-likeness (QED) is 0.706. The molecule has 0 aliphatic carbocycles. The first kappa shape index (κ1) is 14.2. The molecule has 0 saturated carbocycles. The molecule has 96 valence electrons. The van der Waals surface area contributed by atoms with Crippen LogP contribution in [0.1, 0.15) is 30.5 Å². The van der Waals surface area contributed by atoms with Crippen molar-refractivity contribution < 1.29 is 9.47 Å². The zero-order valence-corrected chi connectivity index (χ0v) is 10.8. The highest BCUT2D eigenvalue weighted by molar-refractivity contribution is 5.24. The SMILES string of the molecule is CCc1ccc(C(N)COCCCOC)cc1. The highest BCUT2D eigenvalue weighted by atomic mass is 16.5. The molecule has 1 aromatic carbocycles. The molecule has 0 aliphatic heterocycles. The molecule has 0 spiro atoms. The van der Waals surface area contributed by atoms with Crippen LogP contribution < -0.4 is 5.73 Å². The lowest BCUT2D eigenvalue weighted by molar-refractivity contribution is 0.0940. The van der Waals surface area contributed by atoms with Crippen LogP contribution in [0.3, 0.4) is 0 Å². The molecule has 0 aliphatic rings. The Labute approximate surface area is 104 Å². The Hall–Kier alpha value is -0.900. The van der Waals surface area contributed by atoms with Gasteiger partial charge in [-0.15, -0.1) is 0 Å². The molecule has 0 aromatic heterocycles. The van der Waals surface area contributed by atoms with Gasteiger partial charge in [0.2, 0.25) is 0 Å². The molecule has 1 rings (SSSR count). The number of hydrogen-bond donors (Lipinski definition) is 1. The van der Waals surface area contributed by atoms with Gasteiger partial charge in [0.1, 0.15) is 0 Å². The van der Waals surface area contributed by atoms with Crippen molar-refractivity contribution in [2.75, 3.05) is 26.9 Å². The fourth-order valence-corrected chi connectivity index (χ4v) is 1.61. The molecule has 2 N–H and O–H groups in total. The molecule has 0 heterocycles. The largest absolute Gasteiger partial charge is 0.385 e. The molecule has 0 radical (unpaired) electrons. The number of hydrogen-bond acceptors (Lipinski definition) is 3. The predicted octanol–water partition coefficient (Wildman–Crippen LogP) is 2.30. The van der Waals surface area contributed by atoms with Gasteiger partial charge in [-0.3, -0.25) is 0 Å². The molecule has 0 fully saturated rings. The molecule has 1 atom stereocenters. The lowest BCUT2D eigenvalue weighted by Crippen LogP contribution is -2.17. The van der Waals surface area contributed by atoms with Crippen LogP contribution in [0.2, 0.25) is 0 Å².